The van der Waals surface area contributed by atoms with E-state index in [1.807, 2.05) is 24.3 Å². The third-order valence-corrected chi connectivity index (χ3v) is 12.0. The van der Waals surface area contributed by atoms with Crippen molar-refractivity contribution in [1.82, 2.24) is 24.1 Å². The summed E-state index contributed by atoms with van der Waals surface area (Å²) in [6, 6.07) is 79.3. The van der Waals surface area contributed by atoms with Crippen LogP contribution in [0.5, 0.6) is 0 Å². The molecule has 0 fully saturated rings. The standard InChI is InChI=1S/C57H37N5/c1-4-16-38(17-5-1)40-28-30-42(31-29-40)56-58-55(41-20-8-3-9-21-41)59-57(60-56)48-24-12-15-27-52(48)62-51-26-14-10-22-45(51)47-34-33-44(37-54(47)62)61-50-25-13-11-23-46(50)49-36-43(32-35-53(49)61)39-18-6-2-7-19-39/h1-37H. The summed E-state index contributed by atoms with van der Waals surface area (Å²) in [6.07, 6.45) is 0. The fraction of sp³-hybridized carbons (Fsp3) is 0. The number of hydrogen-bond acceptors (Lipinski definition) is 3. The number of rotatable bonds is 7. The predicted molar refractivity (Wildman–Crippen MR) is 256 cm³/mol. The molecule has 0 aliphatic heterocycles. The van der Waals surface area contributed by atoms with Crippen LogP contribution in [0.1, 0.15) is 0 Å². The minimum Gasteiger partial charge on any atom is -0.309 e. The predicted octanol–water partition coefficient (Wildman–Crippen LogP) is 14.4. The second-order valence-corrected chi connectivity index (χ2v) is 15.6. The first-order valence-electron chi connectivity index (χ1n) is 20.9. The van der Waals surface area contributed by atoms with Crippen LogP contribution in [0.4, 0.5) is 0 Å². The van der Waals surface area contributed by atoms with E-state index in [0.717, 1.165) is 55.7 Å². The molecule has 0 saturated carbocycles. The van der Waals surface area contributed by atoms with E-state index in [4.69, 9.17) is 15.0 Å². The maximum Gasteiger partial charge on any atom is 0.166 e. The molecule has 0 aliphatic rings. The Morgan fingerprint density at radius 2 is 0.710 bits per heavy atom. The van der Waals surface area contributed by atoms with Gasteiger partial charge in [0.1, 0.15) is 0 Å². The van der Waals surface area contributed by atoms with Crippen molar-refractivity contribution in [3.05, 3.63) is 224 Å². The zero-order valence-corrected chi connectivity index (χ0v) is 33.6. The maximum atomic E-state index is 5.25. The molecule has 0 spiro atoms. The van der Waals surface area contributed by atoms with E-state index in [1.54, 1.807) is 0 Å². The summed E-state index contributed by atoms with van der Waals surface area (Å²) in [6.45, 7) is 0. The molecular formula is C57H37N5. The van der Waals surface area contributed by atoms with E-state index >= 15 is 0 Å². The lowest BCUT2D eigenvalue weighted by molar-refractivity contribution is 1.06. The smallest absolute Gasteiger partial charge is 0.166 e. The van der Waals surface area contributed by atoms with Crippen LogP contribution in [0, 0.1) is 0 Å². The monoisotopic (exact) mass is 791 g/mol. The number of aromatic nitrogens is 5. The summed E-state index contributed by atoms with van der Waals surface area (Å²) in [5.74, 6) is 1.85. The molecule has 12 aromatic rings. The molecule has 0 aliphatic carbocycles. The normalized spacial score (nSPS) is 11.5. The van der Waals surface area contributed by atoms with Gasteiger partial charge in [-0.25, -0.2) is 15.0 Å². The summed E-state index contributed by atoms with van der Waals surface area (Å²) >= 11 is 0. The van der Waals surface area contributed by atoms with Gasteiger partial charge in [0.05, 0.1) is 27.8 Å². The molecule has 0 unspecified atom stereocenters. The second-order valence-electron chi connectivity index (χ2n) is 15.6. The van der Waals surface area contributed by atoms with Crippen LogP contribution in [0.2, 0.25) is 0 Å². The summed E-state index contributed by atoms with van der Waals surface area (Å²) < 4.78 is 4.78. The van der Waals surface area contributed by atoms with Gasteiger partial charge in [-0.2, -0.15) is 0 Å². The first kappa shape index (κ1) is 35.5. The van der Waals surface area contributed by atoms with Gasteiger partial charge in [0.2, 0.25) is 0 Å². The van der Waals surface area contributed by atoms with Gasteiger partial charge in [-0.3, -0.25) is 0 Å². The molecule has 3 heterocycles. The van der Waals surface area contributed by atoms with Gasteiger partial charge in [-0.1, -0.05) is 176 Å². The Kier molecular flexibility index (Phi) is 8.42. The van der Waals surface area contributed by atoms with Gasteiger partial charge in [-0.05, 0) is 70.8 Å². The third kappa shape index (κ3) is 5.98. The van der Waals surface area contributed by atoms with Crippen LogP contribution in [-0.4, -0.2) is 24.1 Å². The van der Waals surface area contributed by atoms with E-state index in [1.165, 1.54) is 38.2 Å². The molecule has 0 radical (unpaired) electrons. The van der Waals surface area contributed by atoms with Gasteiger partial charge in [-0.15, -0.1) is 0 Å². The molecule has 0 saturated heterocycles. The molecule has 9 aromatic carbocycles. The summed E-state index contributed by atoms with van der Waals surface area (Å²) in [7, 11) is 0. The highest BCUT2D eigenvalue weighted by Crippen LogP contribution is 2.40. The van der Waals surface area contributed by atoms with Crippen LogP contribution >= 0.6 is 0 Å². The Morgan fingerprint density at radius 1 is 0.258 bits per heavy atom. The molecular weight excluding hydrogens is 755 g/mol. The lowest BCUT2D eigenvalue weighted by Gasteiger charge is -2.15. The van der Waals surface area contributed by atoms with E-state index in [9.17, 15) is 0 Å². The average Bonchev–Trinajstić information content (AvgIpc) is 3.87. The topological polar surface area (TPSA) is 48.5 Å². The highest BCUT2D eigenvalue weighted by atomic mass is 15.1. The Labute approximate surface area is 358 Å². The maximum absolute atomic E-state index is 5.25. The highest BCUT2D eigenvalue weighted by Gasteiger charge is 2.21. The molecule has 12 rings (SSSR count). The van der Waals surface area contributed by atoms with Crippen LogP contribution in [0.15, 0.2) is 224 Å². The van der Waals surface area contributed by atoms with Gasteiger partial charge < -0.3 is 9.13 Å². The molecule has 0 bridgehead atoms. The van der Waals surface area contributed by atoms with E-state index in [0.29, 0.717) is 17.5 Å². The van der Waals surface area contributed by atoms with Crippen molar-refractivity contribution in [2.24, 2.45) is 0 Å². The van der Waals surface area contributed by atoms with E-state index < -0.39 is 0 Å². The first-order chi connectivity index (χ1) is 30.7. The molecule has 62 heavy (non-hydrogen) atoms. The van der Waals surface area contributed by atoms with Crippen LogP contribution in [0.3, 0.4) is 0 Å². The van der Waals surface area contributed by atoms with Crippen LogP contribution < -0.4 is 0 Å². The number of fused-ring (bicyclic) bond motifs is 6. The minimum absolute atomic E-state index is 0.607. The molecule has 290 valence electrons. The van der Waals surface area contributed by atoms with Gasteiger partial charge in [0.25, 0.3) is 0 Å². The lowest BCUT2D eigenvalue weighted by atomic mass is 10.0. The molecule has 0 atom stereocenters. The van der Waals surface area contributed by atoms with Gasteiger partial charge >= 0.3 is 0 Å². The minimum atomic E-state index is 0.607. The van der Waals surface area contributed by atoms with Gasteiger partial charge in [0, 0.05) is 43.9 Å². The summed E-state index contributed by atoms with van der Waals surface area (Å²) in [4.78, 5) is 15.5. The number of benzene rings is 9. The Hall–Kier alpha value is -8.41. The zero-order valence-electron chi connectivity index (χ0n) is 33.6. The van der Waals surface area contributed by atoms with E-state index in [-0.39, 0.29) is 0 Å². The SMILES string of the molecule is c1ccc(-c2ccc(-c3nc(-c4ccccc4)nc(-c4ccccc4-n4c5ccccc5c5ccc(-n6c7ccccc7c7cc(-c8ccccc8)ccc76)cc54)n3)cc2)cc1. The lowest BCUT2D eigenvalue weighted by Crippen LogP contribution is -2.04. The largest absolute Gasteiger partial charge is 0.309 e. The van der Waals surface area contributed by atoms with Crippen LogP contribution in [-0.2, 0) is 0 Å². The molecule has 0 amide bonds. The van der Waals surface area contributed by atoms with E-state index in [2.05, 4.69) is 209 Å². The van der Waals surface area contributed by atoms with Crippen molar-refractivity contribution in [2.75, 3.05) is 0 Å². The highest BCUT2D eigenvalue weighted by molar-refractivity contribution is 6.13. The van der Waals surface area contributed by atoms with Crippen molar-refractivity contribution in [1.29, 1.82) is 0 Å². The number of para-hydroxylation sites is 3. The summed E-state index contributed by atoms with van der Waals surface area (Å²) in [5, 5.41) is 4.80. The van der Waals surface area contributed by atoms with Crippen molar-refractivity contribution in [3.63, 3.8) is 0 Å². The average molecular weight is 792 g/mol. The molecule has 5 nitrogen and oxygen atoms in total. The number of nitrogens with zero attached hydrogens (tertiary/aromatic N) is 5. The van der Waals surface area contributed by atoms with Crippen molar-refractivity contribution >= 4 is 43.6 Å². The molecule has 3 aromatic heterocycles. The number of hydrogen-bond donors (Lipinski definition) is 0. The fourth-order valence-corrected chi connectivity index (χ4v) is 9.06. The first-order valence-corrected chi connectivity index (χ1v) is 20.9. The second kappa shape index (κ2) is 14.7. The summed E-state index contributed by atoms with van der Waals surface area (Å²) in [5.41, 5.74) is 14.1. The van der Waals surface area contributed by atoms with Crippen molar-refractivity contribution < 1.29 is 0 Å². The Balaban J connectivity index is 1.05. The quantitative estimate of drug-likeness (QED) is 0.162. The van der Waals surface area contributed by atoms with Crippen LogP contribution in [0.25, 0.3) is 111 Å². The van der Waals surface area contributed by atoms with Crippen molar-refractivity contribution in [2.45, 2.75) is 0 Å². The third-order valence-electron chi connectivity index (χ3n) is 12.0. The fourth-order valence-electron chi connectivity index (χ4n) is 9.06. The zero-order chi connectivity index (χ0) is 41.0. The Morgan fingerprint density at radius 3 is 1.40 bits per heavy atom. The van der Waals surface area contributed by atoms with Gasteiger partial charge in [0.15, 0.2) is 17.5 Å². The molecule has 5 heteroatoms. The molecule has 0 N–H and O–H groups in total. The Bertz CT molecular complexity index is 3610. The van der Waals surface area contributed by atoms with Crippen molar-refractivity contribution in [3.8, 4) is 67.8 Å².